The summed E-state index contributed by atoms with van der Waals surface area (Å²) in [4.78, 5) is 13.7. The van der Waals surface area contributed by atoms with E-state index in [1.54, 1.807) is 18.2 Å². The van der Waals surface area contributed by atoms with Gasteiger partial charge in [-0.05, 0) is 23.8 Å². The molecule has 0 fully saturated rings. The van der Waals surface area contributed by atoms with Crippen LogP contribution >= 0.6 is 0 Å². The van der Waals surface area contributed by atoms with Crippen molar-refractivity contribution in [3.05, 3.63) is 36.0 Å². The summed E-state index contributed by atoms with van der Waals surface area (Å²) in [5.41, 5.74) is 3.07. The molecule has 16 heavy (non-hydrogen) atoms. The first-order valence-corrected chi connectivity index (χ1v) is 4.63. The van der Waals surface area contributed by atoms with Gasteiger partial charge in [0.25, 0.3) is 5.91 Å². The lowest BCUT2D eigenvalue weighted by molar-refractivity contribution is -0.124. The van der Waals surface area contributed by atoms with Gasteiger partial charge in [-0.1, -0.05) is 6.07 Å². The molecule has 82 valence electrons. The maximum Gasteiger partial charge on any atom is 0.267 e. The molecule has 2 aromatic rings. The predicted molar refractivity (Wildman–Crippen MR) is 58.9 cm³/mol. The summed E-state index contributed by atoms with van der Waals surface area (Å²) in [5.74, 6) is -0.435. The van der Waals surface area contributed by atoms with Gasteiger partial charge in [-0.3, -0.25) is 10.0 Å². The summed E-state index contributed by atoms with van der Waals surface area (Å²) >= 11 is 0. The van der Waals surface area contributed by atoms with Crippen LogP contribution in [0.25, 0.3) is 17.0 Å². The number of aromatic nitrogens is 1. The number of carbonyl (C=O) groups is 1. The quantitative estimate of drug-likeness (QED) is 0.349. The molecule has 0 spiro atoms. The number of amides is 1. The molecule has 1 aromatic carbocycles. The van der Waals surface area contributed by atoms with Gasteiger partial charge in [-0.25, -0.2) is 5.48 Å². The number of benzene rings is 1. The van der Waals surface area contributed by atoms with Crippen molar-refractivity contribution in [3.63, 3.8) is 0 Å². The zero-order valence-corrected chi connectivity index (χ0v) is 8.27. The van der Waals surface area contributed by atoms with Crippen LogP contribution in [-0.2, 0) is 4.79 Å². The van der Waals surface area contributed by atoms with Gasteiger partial charge in [0, 0.05) is 23.2 Å². The smallest absolute Gasteiger partial charge is 0.267 e. The van der Waals surface area contributed by atoms with Gasteiger partial charge in [0.15, 0.2) is 0 Å². The molecule has 1 amide bonds. The number of nitrogens with one attached hydrogen (secondary N) is 2. The normalized spacial score (nSPS) is 11.1. The number of rotatable bonds is 2. The molecule has 1 aromatic heterocycles. The van der Waals surface area contributed by atoms with Crippen LogP contribution in [0.1, 0.15) is 5.56 Å². The Morgan fingerprint density at radius 1 is 1.44 bits per heavy atom. The van der Waals surface area contributed by atoms with Crippen molar-refractivity contribution < 1.29 is 15.1 Å². The lowest BCUT2D eigenvalue weighted by atomic mass is 10.1. The van der Waals surface area contributed by atoms with E-state index in [9.17, 15) is 9.90 Å². The molecule has 2 rings (SSSR count). The number of hydrogen-bond acceptors (Lipinski definition) is 3. The highest BCUT2D eigenvalue weighted by Gasteiger charge is 2.01. The third-order valence-electron chi connectivity index (χ3n) is 2.22. The molecule has 0 unspecified atom stereocenters. The number of aromatic hydroxyl groups is 1. The summed E-state index contributed by atoms with van der Waals surface area (Å²) < 4.78 is 0. The molecule has 0 aliphatic rings. The number of aromatic amines is 1. The molecule has 0 aliphatic carbocycles. The topological polar surface area (TPSA) is 85.4 Å². The lowest BCUT2D eigenvalue weighted by Gasteiger charge is -1.95. The van der Waals surface area contributed by atoms with Gasteiger partial charge in [0.05, 0.1) is 0 Å². The second-order valence-corrected chi connectivity index (χ2v) is 3.29. The number of hydroxylamine groups is 1. The molecule has 5 heteroatoms. The predicted octanol–water partition coefficient (Wildman–Crippen LogP) is 1.39. The highest BCUT2D eigenvalue weighted by atomic mass is 16.5. The summed E-state index contributed by atoms with van der Waals surface area (Å²) in [6.45, 7) is 0. The average molecular weight is 218 g/mol. The molecule has 1 heterocycles. The third-order valence-corrected chi connectivity index (χ3v) is 2.22. The van der Waals surface area contributed by atoms with Crippen molar-refractivity contribution in [1.82, 2.24) is 10.5 Å². The van der Waals surface area contributed by atoms with E-state index >= 15 is 0 Å². The zero-order valence-electron chi connectivity index (χ0n) is 8.27. The van der Waals surface area contributed by atoms with Gasteiger partial charge in [0.1, 0.15) is 5.75 Å². The van der Waals surface area contributed by atoms with Crippen molar-refractivity contribution in [2.45, 2.75) is 0 Å². The van der Waals surface area contributed by atoms with Crippen molar-refractivity contribution in [2.24, 2.45) is 0 Å². The molecule has 0 aliphatic heterocycles. The molecule has 4 N–H and O–H groups in total. The van der Waals surface area contributed by atoms with E-state index in [4.69, 9.17) is 5.21 Å². The molecule has 0 saturated heterocycles. The molecule has 5 nitrogen and oxygen atoms in total. The Morgan fingerprint density at radius 3 is 3.00 bits per heavy atom. The second-order valence-electron chi connectivity index (χ2n) is 3.29. The highest BCUT2D eigenvalue weighted by Crippen LogP contribution is 2.25. The Labute approximate surface area is 91.0 Å². The van der Waals surface area contributed by atoms with Crippen LogP contribution in [0.3, 0.4) is 0 Å². The molecule has 0 radical (unpaired) electrons. The summed E-state index contributed by atoms with van der Waals surface area (Å²) in [6, 6.07) is 5.33. The van der Waals surface area contributed by atoms with E-state index in [-0.39, 0.29) is 5.75 Å². The Kier molecular flexibility index (Phi) is 2.61. The number of carbonyl (C=O) groups excluding carboxylic acids is 1. The van der Waals surface area contributed by atoms with E-state index in [1.807, 2.05) is 0 Å². The second kappa shape index (κ2) is 4.08. The SMILES string of the molecule is O=C(/C=C/c1ccc2[nH]cc(O)c2c1)NO. The summed E-state index contributed by atoms with van der Waals surface area (Å²) in [7, 11) is 0. The van der Waals surface area contributed by atoms with Gasteiger partial charge in [0.2, 0.25) is 0 Å². The van der Waals surface area contributed by atoms with Crippen LogP contribution < -0.4 is 5.48 Å². The van der Waals surface area contributed by atoms with Crippen LogP contribution in [0.4, 0.5) is 0 Å². The number of hydrogen-bond donors (Lipinski definition) is 4. The standard InChI is InChI=1S/C11H10N2O3/c14-10-6-12-9-3-1-7(5-8(9)10)2-4-11(15)13-16/h1-6,12,14,16H,(H,13,15)/b4-2+. The highest BCUT2D eigenvalue weighted by molar-refractivity contribution is 5.92. The first-order chi connectivity index (χ1) is 7.70. The Hall–Kier alpha value is -2.27. The fraction of sp³-hybridized carbons (Fsp3) is 0. The molecule has 0 atom stereocenters. The van der Waals surface area contributed by atoms with E-state index in [1.165, 1.54) is 23.8 Å². The fourth-order valence-electron chi connectivity index (χ4n) is 1.44. The molecular formula is C11H10N2O3. The monoisotopic (exact) mass is 218 g/mol. The van der Waals surface area contributed by atoms with Crippen LogP contribution in [0.15, 0.2) is 30.5 Å². The molecule has 0 bridgehead atoms. The Balaban J connectivity index is 2.35. The minimum absolute atomic E-state index is 0.164. The van der Waals surface area contributed by atoms with Crippen LogP contribution in [-0.4, -0.2) is 21.2 Å². The summed E-state index contributed by atoms with van der Waals surface area (Å²) in [6.07, 6.45) is 4.24. The fourth-order valence-corrected chi connectivity index (χ4v) is 1.44. The van der Waals surface area contributed by atoms with E-state index in [0.717, 1.165) is 11.1 Å². The van der Waals surface area contributed by atoms with Crippen LogP contribution in [0.5, 0.6) is 5.75 Å². The summed E-state index contributed by atoms with van der Waals surface area (Å²) in [5, 5.41) is 18.5. The van der Waals surface area contributed by atoms with E-state index in [0.29, 0.717) is 5.39 Å². The van der Waals surface area contributed by atoms with Gasteiger partial charge in [-0.15, -0.1) is 0 Å². The maximum absolute atomic E-state index is 10.8. The van der Waals surface area contributed by atoms with E-state index in [2.05, 4.69) is 4.98 Å². The van der Waals surface area contributed by atoms with Gasteiger partial charge < -0.3 is 10.1 Å². The zero-order chi connectivity index (χ0) is 11.5. The van der Waals surface area contributed by atoms with Crippen molar-refractivity contribution in [2.75, 3.05) is 0 Å². The molecular weight excluding hydrogens is 208 g/mol. The number of fused-ring (bicyclic) bond motifs is 1. The van der Waals surface area contributed by atoms with Crippen LogP contribution in [0.2, 0.25) is 0 Å². The Bertz CT molecular complexity index is 557. The van der Waals surface area contributed by atoms with Gasteiger partial charge in [-0.2, -0.15) is 0 Å². The minimum atomic E-state index is -0.599. The Morgan fingerprint density at radius 2 is 2.25 bits per heavy atom. The average Bonchev–Trinajstić information content (AvgIpc) is 2.68. The van der Waals surface area contributed by atoms with Crippen LogP contribution in [0, 0.1) is 0 Å². The first-order valence-electron chi connectivity index (χ1n) is 4.63. The third kappa shape index (κ3) is 1.89. The minimum Gasteiger partial charge on any atom is -0.506 e. The maximum atomic E-state index is 10.8. The lowest BCUT2D eigenvalue weighted by Crippen LogP contribution is -2.14. The molecule has 0 saturated carbocycles. The largest absolute Gasteiger partial charge is 0.506 e. The number of H-pyrrole nitrogens is 1. The first kappa shape index (κ1) is 10.3. The van der Waals surface area contributed by atoms with Crippen molar-refractivity contribution >= 4 is 22.9 Å². The van der Waals surface area contributed by atoms with E-state index < -0.39 is 5.91 Å². The van der Waals surface area contributed by atoms with Crippen molar-refractivity contribution in [1.29, 1.82) is 0 Å². The van der Waals surface area contributed by atoms with Gasteiger partial charge >= 0.3 is 0 Å². The van der Waals surface area contributed by atoms with Crippen molar-refractivity contribution in [3.8, 4) is 5.75 Å².